The van der Waals surface area contributed by atoms with Crippen molar-refractivity contribution in [1.29, 1.82) is 0 Å². The van der Waals surface area contributed by atoms with Crippen LogP contribution in [0, 0.1) is 17.8 Å². The Morgan fingerprint density at radius 3 is 1.96 bits per heavy atom. The first-order valence-corrected chi connectivity index (χ1v) is 11.2. The molecule has 0 aliphatic heterocycles. The van der Waals surface area contributed by atoms with Crippen molar-refractivity contribution in [1.82, 2.24) is 10.6 Å². The van der Waals surface area contributed by atoms with Gasteiger partial charge in [-0.25, -0.2) is 4.79 Å². The number of nitrogens with one attached hydrogen (secondary N) is 2. The Labute approximate surface area is 164 Å². The van der Waals surface area contributed by atoms with E-state index in [1.165, 1.54) is 49.7 Å². The smallest absolute Gasteiger partial charge is 0.315 e. The van der Waals surface area contributed by atoms with Crippen LogP contribution >= 0.6 is 0 Å². The van der Waals surface area contributed by atoms with Crippen LogP contribution in [0.25, 0.3) is 0 Å². The molecule has 0 aromatic heterocycles. The standard InChI is InChI=1S/C24H36N2O/c1-4-16(3)20-6-8-21(9-7-20)22(5-2)25-23(27)26-24-13-17-10-18(14-24)12-19(11-17)15-24/h6-9,16-19,22H,4-5,10-15H2,1-3H3,(H2,25,26,27). The molecule has 2 amide bonds. The fraction of sp³-hybridized carbons (Fsp3) is 0.708. The van der Waals surface area contributed by atoms with Gasteiger partial charge in [-0.2, -0.15) is 0 Å². The summed E-state index contributed by atoms with van der Waals surface area (Å²) in [5, 5.41) is 6.72. The van der Waals surface area contributed by atoms with E-state index in [9.17, 15) is 4.79 Å². The summed E-state index contributed by atoms with van der Waals surface area (Å²) in [7, 11) is 0. The summed E-state index contributed by atoms with van der Waals surface area (Å²) in [5.41, 5.74) is 2.68. The maximum Gasteiger partial charge on any atom is 0.315 e. The second kappa shape index (κ2) is 7.48. The van der Waals surface area contributed by atoms with Crippen LogP contribution in [-0.4, -0.2) is 11.6 Å². The summed E-state index contributed by atoms with van der Waals surface area (Å²) >= 11 is 0. The molecule has 4 saturated carbocycles. The zero-order chi connectivity index (χ0) is 19.0. The molecule has 1 aromatic carbocycles. The third-order valence-electron chi connectivity index (χ3n) is 7.65. The van der Waals surface area contributed by atoms with Crippen molar-refractivity contribution in [3.8, 4) is 0 Å². The molecule has 0 heterocycles. The van der Waals surface area contributed by atoms with Gasteiger partial charge in [-0.1, -0.05) is 45.0 Å². The molecule has 3 nitrogen and oxygen atoms in total. The van der Waals surface area contributed by atoms with Gasteiger partial charge in [0.2, 0.25) is 0 Å². The summed E-state index contributed by atoms with van der Waals surface area (Å²) < 4.78 is 0. The Morgan fingerprint density at radius 1 is 0.963 bits per heavy atom. The van der Waals surface area contributed by atoms with Gasteiger partial charge in [-0.05, 0) is 86.2 Å². The minimum atomic E-state index is 0.0369. The molecule has 0 radical (unpaired) electrons. The number of benzene rings is 1. The van der Waals surface area contributed by atoms with Crippen LogP contribution in [0.15, 0.2) is 24.3 Å². The average molecular weight is 369 g/mol. The van der Waals surface area contributed by atoms with E-state index in [2.05, 4.69) is 55.7 Å². The Bertz CT molecular complexity index is 630. The molecular weight excluding hydrogens is 332 g/mol. The zero-order valence-electron chi connectivity index (χ0n) is 17.3. The summed E-state index contributed by atoms with van der Waals surface area (Å²) in [6.07, 6.45) is 9.89. The van der Waals surface area contributed by atoms with Gasteiger partial charge in [0.05, 0.1) is 6.04 Å². The van der Waals surface area contributed by atoms with E-state index >= 15 is 0 Å². The first-order valence-electron chi connectivity index (χ1n) is 11.2. The van der Waals surface area contributed by atoms with Gasteiger partial charge in [-0.3, -0.25) is 0 Å². The van der Waals surface area contributed by atoms with Crippen LogP contribution in [0.2, 0.25) is 0 Å². The van der Waals surface area contributed by atoms with Crippen LogP contribution in [0.3, 0.4) is 0 Å². The molecule has 3 heteroatoms. The molecule has 4 aliphatic carbocycles. The quantitative estimate of drug-likeness (QED) is 0.643. The molecule has 2 N–H and O–H groups in total. The largest absolute Gasteiger partial charge is 0.333 e. The van der Waals surface area contributed by atoms with Crippen LogP contribution in [0.4, 0.5) is 4.79 Å². The van der Waals surface area contributed by atoms with E-state index in [4.69, 9.17) is 0 Å². The van der Waals surface area contributed by atoms with Crippen molar-refractivity contribution >= 4 is 6.03 Å². The van der Waals surface area contributed by atoms with Gasteiger partial charge < -0.3 is 10.6 Å². The lowest BCUT2D eigenvalue weighted by Gasteiger charge is -2.56. The zero-order valence-corrected chi connectivity index (χ0v) is 17.3. The Balaban J connectivity index is 1.39. The second-order valence-corrected chi connectivity index (χ2v) is 9.73. The van der Waals surface area contributed by atoms with E-state index in [0.29, 0.717) is 5.92 Å². The van der Waals surface area contributed by atoms with Crippen LogP contribution < -0.4 is 10.6 Å². The Morgan fingerprint density at radius 2 is 1.48 bits per heavy atom. The maximum atomic E-state index is 12.9. The number of urea groups is 1. The third kappa shape index (κ3) is 3.88. The van der Waals surface area contributed by atoms with E-state index in [1.807, 2.05) is 0 Å². The summed E-state index contributed by atoms with van der Waals surface area (Å²) in [6.45, 7) is 6.64. The normalized spacial score (nSPS) is 33.5. The monoisotopic (exact) mass is 368 g/mol. The van der Waals surface area contributed by atoms with E-state index < -0.39 is 0 Å². The van der Waals surface area contributed by atoms with Gasteiger partial charge in [0.1, 0.15) is 0 Å². The van der Waals surface area contributed by atoms with E-state index in [-0.39, 0.29) is 17.6 Å². The lowest BCUT2D eigenvalue weighted by molar-refractivity contribution is -0.0136. The van der Waals surface area contributed by atoms with Crippen LogP contribution in [0.5, 0.6) is 0 Å². The molecule has 5 rings (SSSR count). The number of hydrogen-bond acceptors (Lipinski definition) is 1. The number of hydrogen-bond donors (Lipinski definition) is 2. The van der Waals surface area contributed by atoms with Gasteiger partial charge >= 0.3 is 6.03 Å². The predicted octanol–water partition coefficient (Wildman–Crippen LogP) is 5.92. The first-order chi connectivity index (χ1) is 13.0. The van der Waals surface area contributed by atoms with Crippen molar-refractivity contribution in [3.05, 3.63) is 35.4 Å². The van der Waals surface area contributed by atoms with Crippen molar-refractivity contribution in [2.45, 2.75) is 89.6 Å². The molecule has 148 valence electrons. The van der Waals surface area contributed by atoms with E-state index in [0.717, 1.165) is 30.6 Å². The van der Waals surface area contributed by atoms with Crippen molar-refractivity contribution in [3.63, 3.8) is 0 Å². The topological polar surface area (TPSA) is 41.1 Å². The first kappa shape index (κ1) is 18.8. The number of carbonyl (C=O) groups is 1. The highest BCUT2D eigenvalue weighted by atomic mass is 16.2. The fourth-order valence-corrected chi connectivity index (χ4v) is 6.41. The summed E-state index contributed by atoms with van der Waals surface area (Å²) in [5.74, 6) is 3.15. The number of amides is 2. The molecular formula is C24H36N2O. The highest BCUT2D eigenvalue weighted by molar-refractivity contribution is 5.75. The van der Waals surface area contributed by atoms with Gasteiger partial charge in [0, 0.05) is 5.54 Å². The molecule has 0 spiro atoms. The molecule has 4 bridgehead atoms. The third-order valence-corrected chi connectivity index (χ3v) is 7.65. The second-order valence-electron chi connectivity index (χ2n) is 9.73. The van der Waals surface area contributed by atoms with Crippen molar-refractivity contribution in [2.75, 3.05) is 0 Å². The SMILES string of the molecule is CCC(C)c1ccc(C(CC)NC(=O)NC23CC4CC(CC(C4)C2)C3)cc1. The number of rotatable bonds is 6. The average Bonchev–Trinajstić information content (AvgIpc) is 2.64. The molecule has 2 atom stereocenters. The Kier molecular flexibility index (Phi) is 5.22. The molecule has 4 fully saturated rings. The lowest BCUT2D eigenvalue weighted by Crippen LogP contribution is -2.61. The molecule has 2 unspecified atom stereocenters. The van der Waals surface area contributed by atoms with Crippen molar-refractivity contribution in [2.24, 2.45) is 17.8 Å². The van der Waals surface area contributed by atoms with E-state index in [1.54, 1.807) is 0 Å². The molecule has 27 heavy (non-hydrogen) atoms. The fourth-order valence-electron chi connectivity index (χ4n) is 6.41. The minimum Gasteiger partial charge on any atom is -0.333 e. The van der Waals surface area contributed by atoms with Crippen LogP contribution in [0.1, 0.15) is 95.2 Å². The molecule has 0 saturated heterocycles. The van der Waals surface area contributed by atoms with Crippen LogP contribution in [-0.2, 0) is 0 Å². The highest BCUT2D eigenvalue weighted by Gasteiger charge is 2.51. The summed E-state index contributed by atoms with van der Waals surface area (Å²) in [6, 6.07) is 8.97. The highest BCUT2D eigenvalue weighted by Crippen LogP contribution is 2.55. The minimum absolute atomic E-state index is 0.0369. The Hall–Kier alpha value is -1.51. The molecule has 4 aliphatic rings. The summed E-state index contributed by atoms with van der Waals surface area (Å²) in [4.78, 5) is 12.9. The van der Waals surface area contributed by atoms with Gasteiger partial charge in [0.15, 0.2) is 0 Å². The van der Waals surface area contributed by atoms with Crippen molar-refractivity contribution < 1.29 is 4.79 Å². The maximum absolute atomic E-state index is 12.9. The lowest BCUT2D eigenvalue weighted by atomic mass is 9.53. The van der Waals surface area contributed by atoms with Gasteiger partial charge in [-0.15, -0.1) is 0 Å². The number of carbonyl (C=O) groups excluding carboxylic acids is 1. The molecule has 1 aromatic rings. The van der Waals surface area contributed by atoms with Gasteiger partial charge in [0.25, 0.3) is 0 Å². The predicted molar refractivity (Wildman–Crippen MR) is 111 cm³/mol.